The van der Waals surface area contributed by atoms with Crippen LogP contribution in [0.4, 0.5) is 0 Å². The molecule has 0 radical (unpaired) electrons. The molecule has 0 aromatic carbocycles. The second kappa shape index (κ2) is 7.99. The van der Waals surface area contributed by atoms with Gasteiger partial charge in [0.1, 0.15) is 6.10 Å². The maximum atomic E-state index is 11.9. The van der Waals surface area contributed by atoms with Crippen molar-refractivity contribution in [2.24, 2.45) is 50.7 Å². The lowest BCUT2D eigenvalue weighted by molar-refractivity contribution is -0.181. The van der Waals surface area contributed by atoms with E-state index in [-0.39, 0.29) is 33.9 Å². The first-order valence-corrected chi connectivity index (χ1v) is 15.5. The van der Waals surface area contributed by atoms with Gasteiger partial charge in [-0.05, 0) is 110 Å². The summed E-state index contributed by atoms with van der Waals surface area (Å²) in [5.41, 5.74) is 1.30. The molecule has 5 aliphatic carbocycles. The fraction of sp³-hybridized carbons (Fsp3) is 0.970. The second-order valence-corrected chi connectivity index (χ2v) is 16.5. The molecule has 210 valence electrons. The minimum absolute atomic E-state index is 0.0145. The highest BCUT2D eigenvalue weighted by Crippen LogP contribution is 2.76. The van der Waals surface area contributed by atoms with Crippen molar-refractivity contribution in [3.05, 3.63) is 0 Å². The molecule has 4 heteroatoms. The third-order valence-corrected chi connectivity index (χ3v) is 14.3. The van der Waals surface area contributed by atoms with Crippen molar-refractivity contribution in [1.82, 2.24) is 0 Å². The minimum atomic E-state index is -0.130. The van der Waals surface area contributed by atoms with Gasteiger partial charge in [-0.3, -0.25) is 4.79 Å². The summed E-state index contributed by atoms with van der Waals surface area (Å²) in [6, 6.07) is 0. The van der Waals surface area contributed by atoms with Gasteiger partial charge in [-0.25, -0.2) is 0 Å². The van der Waals surface area contributed by atoms with E-state index in [1.54, 1.807) is 6.92 Å². The van der Waals surface area contributed by atoms with E-state index in [4.69, 9.17) is 14.2 Å². The van der Waals surface area contributed by atoms with Gasteiger partial charge in [-0.15, -0.1) is 0 Å². The molecule has 1 heterocycles. The van der Waals surface area contributed by atoms with Gasteiger partial charge in [0, 0.05) is 19.4 Å². The van der Waals surface area contributed by atoms with E-state index >= 15 is 0 Å². The van der Waals surface area contributed by atoms with Crippen LogP contribution < -0.4 is 0 Å². The zero-order valence-corrected chi connectivity index (χ0v) is 25.2. The van der Waals surface area contributed by atoms with Crippen molar-refractivity contribution in [2.75, 3.05) is 7.11 Å². The van der Waals surface area contributed by atoms with E-state index in [9.17, 15) is 4.79 Å². The zero-order chi connectivity index (χ0) is 26.8. The maximum Gasteiger partial charge on any atom is 0.302 e. The van der Waals surface area contributed by atoms with Crippen LogP contribution in [0.2, 0.25) is 0 Å². The molecule has 6 aliphatic rings. The number of ether oxygens (including phenoxy) is 3. The average molecular weight is 515 g/mol. The summed E-state index contributed by atoms with van der Waals surface area (Å²) >= 11 is 0. The smallest absolute Gasteiger partial charge is 0.302 e. The van der Waals surface area contributed by atoms with Gasteiger partial charge < -0.3 is 14.2 Å². The Balaban J connectivity index is 1.33. The number of hydrogen-bond acceptors (Lipinski definition) is 4. The molecule has 1 saturated heterocycles. The average Bonchev–Trinajstić information content (AvgIpc) is 3.50. The molecule has 11 atom stereocenters. The number of epoxide rings is 1. The van der Waals surface area contributed by atoms with Crippen LogP contribution in [0.1, 0.15) is 120 Å². The van der Waals surface area contributed by atoms with E-state index < -0.39 is 0 Å². The van der Waals surface area contributed by atoms with Gasteiger partial charge in [0.25, 0.3) is 0 Å². The third-order valence-electron chi connectivity index (χ3n) is 14.3. The Morgan fingerprint density at radius 2 is 1.32 bits per heavy atom. The lowest BCUT2D eigenvalue weighted by atomic mass is 9.41. The summed E-state index contributed by atoms with van der Waals surface area (Å²) in [6.07, 6.45) is 13.2. The van der Waals surface area contributed by atoms with Gasteiger partial charge in [0.05, 0.1) is 17.8 Å². The van der Waals surface area contributed by atoms with Crippen molar-refractivity contribution in [2.45, 2.75) is 144 Å². The van der Waals surface area contributed by atoms with Crippen molar-refractivity contribution in [3.8, 4) is 0 Å². The maximum absolute atomic E-state index is 11.9. The van der Waals surface area contributed by atoms with Crippen molar-refractivity contribution >= 4 is 5.97 Å². The third kappa shape index (κ3) is 3.42. The van der Waals surface area contributed by atoms with Crippen LogP contribution >= 0.6 is 0 Å². The molecular formula is C33H54O4. The number of rotatable bonds is 2. The molecular weight excluding hydrogens is 460 g/mol. The first kappa shape index (κ1) is 26.6. The molecule has 6 rings (SSSR count). The van der Waals surface area contributed by atoms with Crippen molar-refractivity contribution < 1.29 is 19.0 Å². The lowest BCUT2D eigenvalue weighted by Crippen LogP contribution is -2.60. The highest BCUT2D eigenvalue weighted by Gasteiger charge is 2.76. The Morgan fingerprint density at radius 1 is 0.730 bits per heavy atom. The summed E-state index contributed by atoms with van der Waals surface area (Å²) in [5, 5.41) is 0. The topological polar surface area (TPSA) is 48.1 Å². The van der Waals surface area contributed by atoms with Crippen molar-refractivity contribution in [1.29, 1.82) is 0 Å². The highest BCUT2D eigenvalue weighted by atomic mass is 16.6. The summed E-state index contributed by atoms with van der Waals surface area (Å²) in [7, 11) is 1.93. The number of fused-ring (bicyclic) bond motifs is 5. The van der Waals surface area contributed by atoms with Crippen LogP contribution in [0.25, 0.3) is 0 Å². The summed E-state index contributed by atoms with van der Waals surface area (Å²) < 4.78 is 18.9. The predicted molar refractivity (Wildman–Crippen MR) is 146 cm³/mol. The van der Waals surface area contributed by atoms with Crippen LogP contribution in [0.15, 0.2) is 0 Å². The normalized spacial score (nSPS) is 55.3. The van der Waals surface area contributed by atoms with Crippen LogP contribution in [-0.4, -0.2) is 37.0 Å². The number of hydrogen-bond donors (Lipinski definition) is 0. The molecule has 0 amide bonds. The minimum Gasteiger partial charge on any atom is -0.462 e. The Bertz CT molecular complexity index is 956. The summed E-state index contributed by atoms with van der Waals surface area (Å²) in [6.45, 7) is 19.2. The fourth-order valence-corrected chi connectivity index (χ4v) is 12.8. The molecule has 1 spiro atoms. The van der Waals surface area contributed by atoms with Crippen LogP contribution in [-0.2, 0) is 19.0 Å². The van der Waals surface area contributed by atoms with Gasteiger partial charge in [0.15, 0.2) is 0 Å². The standard InChI is InChI=1S/C33H54O4/c1-20(34)36-26-14-17-32(8)23-11-10-22-30(6,19-33(23)27(37-33)18-24(32)29(26,4)5)15-12-21-28(2,3)25(35-9)13-16-31(21,22)7/h21-27H,10-19H2,1-9H3/t21?,22?,23-,24+,25?,26-,27-,30+,31+,32-,33+/m1/s1. The molecule has 0 N–H and O–H groups in total. The first-order valence-electron chi connectivity index (χ1n) is 15.5. The van der Waals surface area contributed by atoms with E-state index in [0.29, 0.717) is 34.9 Å². The van der Waals surface area contributed by atoms with E-state index in [0.717, 1.165) is 31.1 Å². The van der Waals surface area contributed by atoms with Gasteiger partial charge in [0.2, 0.25) is 0 Å². The van der Waals surface area contributed by atoms with Gasteiger partial charge >= 0.3 is 5.97 Å². The zero-order valence-electron chi connectivity index (χ0n) is 25.2. The van der Waals surface area contributed by atoms with E-state index in [2.05, 4.69) is 48.5 Å². The number of methoxy groups -OCH3 is 1. The molecule has 3 unspecified atom stereocenters. The second-order valence-electron chi connectivity index (χ2n) is 16.5. The van der Waals surface area contributed by atoms with E-state index in [1.165, 1.54) is 44.9 Å². The quantitative estimate of drug-likeness (QED) is 0.281. The molecule has 5 saturated carbocycles. The van der Waals surface area contributed by atoms with Crippen LogP contribution in [0.3, 0.4) is 0 Å². The highest BCUT2D eigenvalue weighted by molar-refractivity contribution is 5.66. The van der Waals surface area contributed by atoms with Crippen LogP contribution in [0.5, 0.6) is 0 Å². The summed E-state index contributed by atoms with van der Waals surface area (Å²) in [5.74, 6) is 2.51. The van der Waals surface area contributed by atoms with E-state index in [1.807, 2.05) is 7.11 Å². The Labute approximate surface area is 226 Å². The molecule has 6 fully saturated rings. The molecule has 1 aliphatic heterocycles. The largest absolute Gasteiger partial charge is 0.462 e. The van der Waals surface area contributed by atoms with Gasteiger partial charge in [-0.1, -0.05) is 48.5 Å². The molecule has 37 heavy (non-hydrogen) atoms. The van der Waals surface area contributed by atoms with Crippen molar-refractivity contribution in [3.63, 3.8) is 0 Å². The SMILES string of the molecule is COC1CC[C@@]2(C)C(CC[C@@]3(C)C[C@@]45O[C@@H]4C[C@H]4C(C)(C)[C@H](OC(C)=O)CC[C@]4(C)[C@H]5CCC32)C1(C)C. The predicted octanol–water partition coefficient (Wildman–Crippen LogP) is 7.58. The molecule has 0 bridgehead atoms. The first-order chi connectivity index (χ1) is 17.1. The number of carbonyl (C=O) groups is 1. The lowest BCUT2D eigenvalue weighted by Gasteiger charge is -2.64. The number of esters is 1. The van der Waals surface area contributed by atoms with Gasteiger partial charge in [-0.2, -0.15) is 0 Å². The summed E-state index contributed by atoms with van der Waals surface area (Å²) in [4.78, 5) is 11.9. The Hall–Kier alpha value is -0.610. The number of carbonyl (C=O) groups excluding carboxylic acids is 1. The Kier molecular flexibility index (Phi) is 5.74. The monoisotopic (exact) mass is 514 g/mol. The molecule has 0 aromatic heterocycles. The molecule has 0 aromatic rings. The Morgan fingerprint density at radius 3 is 1.97 bits per heavy atom. The van der Waals surface area contributed by atoms with Crippen LogP contribution in [0, 0.1) is 50.7 Å². The fourth-order valence-electron chi connectivity index (χ4n) is 12.8. The molecule has 4 nitrogen and oxygen atoms in total.